The standard InChI is InChI=1S/C30H20F12N4O4/c31-27(32,33)11-5-12(28(34,35)36)8-15(7-11)43-19-21(25(49)23(19)47)45-17-3-1-2-4-18(17)46-22-20(24(48)26(22)50)44-16-9-13(29(37,38)39)6-14(10-16)30(40,41)42/h5-10,17-18,43-46H,1-4H2/t17-,18-/m1/s1. The van der Waals surface area contributed by atoms with Crippen molar-refractivity contribution in [2.24, 2.45) is 0 Å². The topological polar surface area (TPSA) is 116 Å². The van der Waals surface area contributed by atoms with Crippen molar-refractivity contribution in [2.75, 3.05) is 21.3 Å². The average Bonchev–Trinajstić information content (AvgIpc) is 3.02. The molecule has 0 spiro atoms. The molecule has 0 amide bonds. The third-order valence-electron chi connectivity index (χ3n) is 7.96. The number of anilines is 6. The second kappa shape index (κ2) is 12.4. The average molecular weight is 728 g/mol. The molecule has 2 atom stereocenters. The van der Waals surface area contributed by atoms with Crippen LogP contribution in [0.2, 0.25) is 0 Å². The van der Waals surface area contributed by atoms with Crippen LogP contribution in [-0.2, 0) is 24.7 Å². The van der Waals surface area contributed by atoms with Crippen LogP contribution in [0.4, 0.5) is 86.8 Å². The van der Waals surface area contributed by atoms with Crippen molar-refractivity contribution < 1.29 is 52.7 Å². The van der Waals surface area contributed by atoms with Crippen molar-refractivity contribution in [3.63, 3.8) is 0 Å². The smallest absolute Gasteiger partial charge is 0.375 e. The molecule has 0 unspecified atom stereocenters. The van der Waals surface area contributed by atoms with Gasteiger partial charge in [0.05, 0.1) is 22.3 Å². The first-order valence-corrected chi connectivity index (χ1v) is 14.3. The SMILES string of the molecule is O=c1c(Nc2cc(C(F)(F)F)cc(C(F)(F)F)c2)c(N[C@@H]2CCCC[C@H]2Nc2c(Nc3cc(C(F)(F)F)cc(C(F)(F)F)c3)c(=O)c2=O)c1=O. The molecule has 20 heteroatoms. The van der Waals surface area contributed by atoms with E-state index in [1.807, 2.05) is 0 Å². The first-order chi connectivity index (χ1) is 22.9. The Balaban J connectivity index is 1.40. The molecule has 0 saturated heterocycles. The summed E-state index contributed by atoms with van der Waals surface area (Å²) in [7, 11) is 0. The zero-order valence-corrected chi connectivity index (χ0v) is 24.6. The van der Waals surface area contributed by atoms with Crippen LogP contribution in [0.5, 0.6) is 0 Å². The number of halogens is 12. The first-order valence-electron chi connectivity index (χ1n) is 14.3. The molecule has 4 aromatic rings. The van der Waals surface area contributed by atoms with Gasteiger partial charge in [-0.1, -0.05) is 12.8 Å². The van der Waals surface area contributed by atoms with E-state index in [1.165, 1.54) is 0 Å². The molecule has 0 radical (unpaired) electrons. The molecular weight excluding hydrogens is 708 g/mol. The summed E-state index contributed by atoms with van der Waals surface area (Å²) in [6.07, 6.45) is -19.5. The van der Waals surface area contributed by atoms with Crippen molar-refractivity contribution in [1.29, 1.82) is 0 Å². The number of rotatable bonds is 8. The number of hydrogen-bond acceptors (Lipinski definition) is 8. The Bertz CT molecular complexity index is 1870. The van der Waals surface area contributed by atoms with Crippen LogP contribution in [0.15, 0.2) is 55.6 Å². The van der Waals surface area contributed by atoms with E-state index < -0.39 is 115 Å². The highest BCUT2D eigenvalue weighted by Crippen LogP contribution is 2.40. The van der Waals surface area contributed by atoms with Crippen LogP contribution in [0.25, 0.3) is 0 Å². The van der Waals surface area contributed by atoms with Crippen molar-refractivity contribution in [1.82, 2.24) is 0 Å². The molecule has 0 aromatic heterocycles. The molecule has 1 aliphatic carbocycles. The largest absolute Gasteiger partial charge is 0.416 e. The van der Waals surface area contributed by atoms with Gasteiger partial charge in [-0.15, -0.1) is 0 Å². The van der Waals surface area contributed by atoms with Crippen molar-refractivity contribution in [2.45, 2.75) is 62.5 Å². The molecule has 4 aromatic carbocycles. The van der Waals surface area contributed by atoms with Crippen LogP contribution >= 0.6 is 0 Å². The molecule has 1 saturated carbocycles. The van der Waals surface area contributed by atoms with Crippen LogP contribution in [0, 0.1) is 0 Å². The lowest BCUT2D eigenvalue weighted by Crippen LogP contribution is -2.48. The van der Waals surface area contributed by atoms with E-state index in [0.717, 1.165) is 0 Å². The summed E-state index contributed by atoms with van der Waals surface area (Å²) in [4.78, 5) is 49.6. The highest BCUT2D eigenvalue weighted by molar-refractivity contribution is 5.81. The number of hydrogen-bond donors (Lipinski definition) is 4. The molecule has 0 aliphatic heterocycles. The number of alkyl halides is 12. The van der Waals surface area contributed by atoms with E-state index in [4.69, 9.17) is 0 Å². The molecule has 268 valence electrons. The summed E-state index contributed by atoms with van der Waals surface area (Å²) in [5, 5.41) is 9.63. The summed E-state index contributed by atoms with van der Waals surface area (Å²) in [6.45, 7) is 0. The Morgan fingerprint density at radius 3 is 0.940 bits per heavy atom. The number of nitrogens with one attached hydrogen (secondary N) is 4. The Kier molecular flexibility index (Phi) is 8.97. The van der Waals surface area contributed by atoms with Gasteiger partial charge in [-0.3, -0.25) is 19.2 Å². The molecule has 50 heavy (non-hydrogen) atoms. The molecule has 5 rings (SSSR count). The predicted octanol–water partition coefficient (Wildman–Crippen LogP) is 7.28. The molecule has 1 aliphatic rings. The Labute approximate surface area is 270 Å². The van der Waals surface area contributed by atoms with Crippen molar-refractivity contribution in [3.05, 3.63) is 99.5 Å². The van der Waals surface area contributed by atoms with Gasteiger partial charge in [0.15, 0.2) is 0 Å². The maximum absolute atomic E-state index is 13.3. The van der Waals surface area contributed by atoms with E-state index in [1.54, 1.807) is 0 Å². The highest BCUT2D eigenvalue weighted by Gasteiger charge is 2.39. The van der Waals surface area contributed by atoms with Gasteiger partial charge in [-0.25, -0.2) is 0 Å². The van der Waals surface area contributed by atoms with Gasteiger partial charge >= 0.3 is 24.7 Å². The zero-order valence-electron chi connectivity index (χ0n) is 24.6. The first kappa shape index (κ1) is 36.2. The highest BCUT2D eigenvalue weighted by atomic mass is 19.4. The van der Waals surface area contributed by atoms with Crippen LogP contribution in [0.3, 0.4) is 0 Å². The molecule has 1 fully saturated rings. The van der Waals surface area contributed by atoms with Crippen LogP contribution in [0.1, 0.15) is 47.9 Å². The van der Waals surface area contributed by atoms with Gasteiger partial charge in [0.25, 0.3) is 21.7 Å². The Morgan fingerprint density at radius 2 is 0.680 bits per heavy atom. The minimum atomic E-state index is -5.21. The molecule has 8 nitrogen and oxygen atoms in total. The van der Waals surface area contributed by atoms with E-state index in [-0.39, 0.29) is 25.0 Å². The number of benzene rings is 2. The third kappa shape index (κ3) is 7.28. The third-order valence-corrected chi connectivity index (χ3v) is 7.96. The minimum absolute atomic E-state index is 0.142. The minimum Gasteiger partial charge on any atom is -0.375 e. The quantitative estimate of drug-likeness (QED) is 0.111. The Hall–Kier alpha value is -5.04. The maximum Gasteiger partial charge on any atom is 0.416 e. The fourth-order valence-corrected chi connectivity index (χ4v) is 5.49. The lowest BCUT2D eigenvalue weighted by atomic mass is 9.89. The summed E-state index contributed by atoms with van der Waals surface area (Å²) >= 11 is 0. The molecule has 4 N–H and O–H groups in total. The van der Waals surface area contributed by atoms with Crippen molar-refractivity contribution >= 4 is 34.1 Å². The molecular formula is C30H20F12N4O4. The zero-order chi connectivity index (χ0) is 37.1. The summed E-state index contributed by atoms with van der Waals surface area (Å²) < 4.78 is 160. The monoisotopic (exact) mass is 728 g/mol. The van der Waals surface area contributed by atoms with E-state index in [0.29, 0.717) is 37.1 Å². The van der Waals surface area contributed by atoms with Crippen LogP contribution < -0.4 is 43.0 Å². The van der Waals surface area contributed by atoms with E-state index in [9.17, 15) is 71.9 Å². The summed E-state index contributed by atoms with van der Waals surface area (Å²) in [6, 6.07) is -0.877. The fraction of sp³-hybridized carbons (Fsp3) is 0.333. The van der Waals surface area contributed by atoms with Crippen molar-refractivity contribution in [3.8, 4) is 0 Å². The summed E-state index contributed by atoms with van der Waals surface area (Å²) in [5.74, 6) is 0. The second-order valence-corrected chi connectivity index (χ2v) is 11.4. The lowest BCUT2D eigenvalue weighted by Gasteiger charge is -2.35. The summed E-state index contributed by atoms with van der Waals surface area (Å²) in [5.41, 5.74) is -15.7. The van der Waals surface area contributed by atoms with Gasteiger partial charge in [-0.2, -0.15) is 52.7 Å². The lowest BCUT2D eigenvalue weighted by molar-refractivity contribution is -0.144. The predicted molar refractivity (Wildman–Crippen MR) is 155 cm³/mol. The van der Waals surface area contributed by atoms with Gasteiger partial charge in [0, 0.05) is 23.5 Å². The van der Waals surface area contributed by atoms with Gasteiger partial charge in [0.1, 0.15) is 22.7 Å². The fourth-order valence-electron chi connectivity index (χ4n) is 5.49. The van der Waals surface area contributed by atoms with E-state index >= 15 is 0 Å². The normalized spacial score (nSPS) is 17.6. The second-order valence-electron chi connectivity index (χ2n) is 11.4. The van der Waals surface area contributed by atoms with Crippen LogP contribution in [-0.4, -0.2) is 12.1 Å². The maximum atomic E-state index is 13.3. The molecule has 0 heterocycles. The van der Waals surface area contributed by atoms with Gasteiger partial charge in [-0.05, 0) is 49.2 Å². The Morgan fingerprint density at radius 1 is 0.420 bits per heavy atom. The molecule has 0 bridgehead atoms. The van der Waals surface area contributed by atoms with E-state index in [2.05, 4.69) is 21.3 Å². The van der Waals surface area contributed by atoms with Gasteiger partial charge in [0.2, 0.25) is 0 Å². The van der Waals surface area contributed by atoms with Gasteiger partial charge < -0.3 is 21.3 Å².